The molecule has 0 unspecified atom stereocenters. The van der Waals surface area contributed by atoms with Gasteiger partial charge in [-0.3, -0.25) is 14.9 Å². The first-order valence-corrected chi connectivity index (χ1v) is 9.54. The van der Waals surface area contributed by atoms with Crippen molar-refractivity contribution in [2.45, 2.75) is 51.2 Å². The monoisotopic (exact) mass is 375 g/mol. The van der Waals surface area contributed by atoms with E-state index in [0.717, 1.165) is 47.9 Å². The number of nitrogens with zero attached hydrogens (tertiary/aromatic N) is 4. The molecule has 1 aromatic heterocycles. The van der Waals surface area contributed by atoms with Gasteiger partial charge in [0.05, 0.1) is 10.7 Å². The second-order valence-corrected chi connectivity index (χ2v) is 7.35. The Morgan fingerprint density at radius 2 is 2.04 bits per heavy atom. The Kier molecular flexibility index (Phi) is 5.55. The lowest BCUT2D eigenvalue weighted by Crippen LogP contribution is -2.16. The number of nitro groups is 1. The Morgan fingerprint density at radius 3 is 2.81 bits per heavy atom. The van der Waals surface area contributed by atoms with E-state index in [9.17, 15) is 14.9 Å². The van der Waals surface area contributed by atoms with Crippen LogP contribution in [-0.2, 0) is 17.8 Å². The molecule has 0 saturated carbocycles. The highest BCUT2D eigenvalue weighted by Gasteiger charge is 2.19. The van der Waals surface area contributed by atoms with Crippen LogP contribution >= 0.6 is 11.8 Å². The van der Waals surface area contributed by atoms with Gasteiger partial charge in [-0.2, -0.15) is 0 Å². The summed E-state index contributed by atoms with van der Waals surface area (Å²) >= 11 is 1.31. The largest absolute Gasteiger partial charge is 0.320 e. The van der Waals surface area contributed by atoms with E-state index in [-0.39, 0.29) is 23.0 Å². The molecule has 0 saturated heterocycles. The number of thioether (sulfide) groups is 1. The standard InChI is InChI=1S/C17H21N5O3S/c1-11-8-13(14(22(24)25)9-12(11)2)18-16(23)10-26-17-20-19-15-6-4-3-5-7-21(15)17/h8-9H,3-7,10H2,1-2H3,(H,18,23). The number of hydrogen-bond donors (Lipinski definition) is 1. The molecule has 138 valence electrons. The molecule has 0 aliphatic carbocycles. The molecule has 26 heavy (non-hydrogen) atoms. The highest BCUT2D eigenvalue weighted by atomic mass is 32.2. The van der Waals surface area contributed by atoms with Crippen molar-refractivity contribution >= 4 is 29.0 Å². The van der Waals surface area contributed by atoms with Gasteiger partial charge in [0, 0.05) is 19.0 Å². The SMILES string of the molecule is Cc1cc(NC(=O)CSc2nnc3n2CCCCC3)c([N+](=O)[O-])cc1C. The number of rotatable bonds is 5. The van der Waals surface area contributed by atoms with Crippen molar-refractivity contribution in [3.05, 3.63) is 39.2 Å². The van der Waals surface area contributed by atoms with Gasteiger partial charge in [-0.05, 0) is 43.9 Å². The summed E-state index contributed by atoms with van der Waals surface area (Å²) in [6, 6.07) is 3.12. The number of carbonyl (C=O) groups is 1. The average molecular weight is 375 g/mol. The van der Waals surface area contributed by atoms with Crippen LogP contribution in [0.5, 0.6) is 0 Å². The van der Waals surface area contributed by atoms with Crippen LogP contribution in [0.2, 0.25) is 0 Å². The van der Waals surface area contributed by atoms with Gasteiger partial charge < -0.3 is 9.88 Å². The Balaban J connectivity index is 1.68. The summed E-state index contributed by atoms with van der Waals surface area (Å²) in [5.74, 6) is 0.796. The summed E-state index contributed by atoms with van der Waals surface area (Å²) in [5, 5.41) is 23.0. The van der Waals surface area contributed by atoms with Crippen molar-refractivity contribution in [2.75, 3.05) is 11.1 Å². The van der Waals surface area contributed by atoms with Crippen LogP contribution in [-0.4, -0.2) is 31.3 Å². The molecule has 8 nitrogen and oxygen atoms in total. The number of nitrogens with one attached hydrogen (secondary N) is 1. The number of carbonyl (C=O) groups excluding carboxylic acids is 1. The van der Waals surface area contributed by atoms with E-state index >= 15 is 0 Å². The number of aromatic nitrogens is 3. The smallest absolute Gasteiger partial charge is 0.293 e. The van der Waals surface area contributed by atoms with Crippen molar-refractivity contribution in [3.63, 3.8) is 0 Å². The Morgan fingerprint density at radius 1 is 1.27 bits per heavy atom. The molecule has 2 aromatic rings. The highest BCUT2D eigenvalue weighted by Crippen LogP contribution is 2.28. The van der Waals surface area contributed by atoms with Gasteiger partial charge in [0.2, 0.25) is 5.91 Å². The molecule has 2 heterocycles. The molecule has 0 spiro atoms. The topological polar surface area (TPSA) is 103 Å². The molecule has 9 heteroatoms. The van der Waals surface area contributed by atoms with E-state index in [1.54, 1.807) is 13.0 Å². The van der Waals surface area contributed by atoms with Crippen molar-refractivity contribution in [3.8, 4) is 0 Å². The quantitative estimate of drug-likeness (QED) is 0.489. The number of benzene rings is 1. The average Bonchev–Trinajstić information content (AvgIpc) is 2.82. The van der Waals surface area contributed by atoms with E-state index in [1.807, 2.05) is 6.92 Å². The van der Waals surface area contributed by atoms with E-state index in [4.69, 9.17) is 0 Å². The molecule has 0 radical (unpaired) electrons. The Bertz CT molecular complexity index is 849. The third kappa shape index (κ3) is 4.04. The second kappa shape index (κ2) is 7.86. The molecule has 1 amide bonds. The number of aryl methyl sites for hydroxylation is 3. The molecule has 1 aliphatic heterocycles. The number of hydrogen-bond acceptors (Lipinski definition) is 6. The summed E-state index contributed by atoms with van der Waals surface area (Å²) in [6.07, 6.45) is 4.28. The maximum absolute atomic E-state index is 12.3. The van der Waals surface area contributed by atoms with Gasteiger partial charge >= 0.3 is 0 Å². The predicted molar refractivity (Wildman–Crippen MR) is 99.5 cm³/mol. The predicted octanol–water partition coefficient (Wildman–Crippen LogP) is 3.26. The number of nitro benzene ring substituents is 1. The van der Waals surface area contributed by atoms with Crippen molar-refractivity contribution in [1.29, 1.82) is 0 Å². The molecule has 1 aromatic carbocycles. The summed E-state index contributed by atoms with van der Waals surface area (Å²) in [7, 11) is 0. The molecule has 1 aliphatic rings. The van der Waals surface area contributed by atoms with Gasteiger partial charge in [0.25, 0.3) is 5.69 Å². The van der Waals surface area contributed by atoms with E-state index < -0.39 is 4.92 Å². The van der Waals surface area contributed by atoms with Gasteiger partial charge in [-0.25, -0.2) is 0 Å². The first kappa shape index (κ1) is 18.4. The van der Waals surface area contributed by atoms with Gasteiger partial charge in [-0.15, -0.1) is 10.2 Å². The number of amides is 1. The fourth-order valence-corrected chi connectivity index (χ4v) is 3.72. The zero-order valence-corrected chi connectivity index (χ0v) is 15.6. The van der Waals surface area contributed by atoms with Crippen molar-refractivity contribution in [1.82, 2.24) is 14.8 Å². The molecule has 0 fully saturated rings. The zero-order chi connectivity index (χ0) is 18.7. The van der Waals surface area contributed by atoms with Crippen molar-refractivity contribution < 1.29 is 9.72 Å². The second-order valence-electron chi connectivity index (χ2n) is 6.41. The van der Waals surface area contributed by atoms with Crippen LogP contribution in [0, 0.1) is 24.0 Å². The highest BCUT2D eigenvalue weighted by molar-refractivity contribution is 7.99. The lowest BCUT2D eigenvalue weighted by atomic mass is 10.1. The minimum Gasteiger partial charge on any atom is -0.320 e. The Labute approximate surface area is 155 Å². The van der Waals surface area contributed by atoms with Gasteiger partial charge in [0.15, 0.2) is 5.16 Å². The molecule has 0 atom stereocenters. The lowest BCUT2D eigenvalue weighted by Gasteiger charge is -2.09. The maximum atomic E-state index is 12.3. The van der Waals surface area contributed by atoms with Gasteiger partial charge in [0.1, 0.15) is 11.5 Å². The minimum absolute atomic E-state index is 0.0946. The number of fused-ring (bicyclic) bond motifs is 1. The van der Waals surface area contributed by atoms with E-state index in [2.05, 4.69) is 20.1 Å². The van der Waals surface area contributed by atoms with Crippen molar-refractivity contribution in [2.24, 2.45) is 0 Å². The van der Waals surface area contributed by atoms with Crippen LogP contribution in [0.1, 0.15) is 36.2 Å². The lowest BCUT2D eigenvalue weighted by molar-refractivity contribution is -0.384. The third-order valence-electron chi connectivity index (χ3n) is 4.49. The summed E-state index contributed by atoms with van der Waals surface area (Å²) in [5.41, 5.74) is 1.84. The van der Waals surface area contributed by atoms with Crippen LogP contribution in [0.4, 0.5) is 11.4 Å². The third-order valence-corrected chi connectivity index (χ3v) is 5.46. The zero-order valence-electron chi connectivity index (χ0n) is 14.8. The normalized spacial score (nSPS) is 13.8. The van der Waals surface area contributed by atoms with E-state index in [0.29, 0.717) is 0 Å². The Hall–Kier alpha value is -2.42. The molecule has 0 bridgehead atoms. The summed E-state index contributed by atoms with van der Waals surface area (Å²) in [4.78, 5) is 23.1. The molecule has 1 N–H and O–H groups in total. The minimum atomic E-state index is -0.479. The first-order chi connectivity index (χ1) is 12.5. The van der Waals surface area contributed by atoms with Crippen LogP contribution < -0.4 is 5.32 Å². The first-order valence-electron chi connectivity index (χ1n) is 8.56. The molecule has 3 rings (SSSR count). The van der Waals surface area contributed by atoms with Crippen LogP contribution in [0.3, 0.4) is 0 Å². The fourth-order valence-electron chi connectivity index (χ4n) is 2.93. The van der Waals surface area contributed by atoms with E-state index in [1.165, 1.54) is 24.2 Å². The van der Waals surface area contributed by atoms with Crippen LogP contribution in [0.25, 0.3) is 0 Å². The summed E-state index contributed by atoms with van der Waals surface area (Å²) in [6.45, 7) is 4.53. The molecular weight excluding hydrogens is 354 g/mol. The number of anilines is 1. The maximum Gasteiger partial charge on any atom is 0.293 e. The summed E-state index contributed by atoms with van der Waals surface area (Å²) < 4.78 is 2.07. The molecular formula is C17H21N5O3S. The fraction of sp³-hybridized carbons (Fsp3) is 0.471. The van der Waals surface area contributed by atoms with Crippen LogP contribution in [0.15, 0.2) is 17.3 Å². The van der Waals surface area contributed by atoms with Gasteiger partial charge in [-0.1, -0.05) is 18.2 Å².